The lowest BCUT2D eigenvalue weighted by Gasteiger charge is -2.10. The highest BCUT2D eigenvalue weighted by Gasteiger charge is 2.17. The van der Waals surface area contributed by atoms with E-state index in [2.05, 4.69) is 5.32 Å². The molecule has 6 heteroatoms. The van der Waals surface area contributed by atoms with Crippen LogP contribution < -0.4 is 5.32 Å². The van der Waals surface area contributed by atoms with Gasteiger partial charge in [0.1, 0.15) is 0 Å². The number of aliphatic carboxylic acids is 1. The third kappa shape index (κ3) is 3.35. The van der Waals surface area contributed by atoms with Crippen LogP contribution in [-0.4, -0.2) is 23.6 Å². The number of carboxylic acids is 1. The number of amides is 1. The average molecular weight is 317 g/mol. The highest BCUT2D eigenvalue weighted by atomic mass is 32.1. The molecule has 2 N–H and O–H groups in total. The van der Waals surface area contributed by atoms with Gasteiger partial charge >= 0.3 is 5.97 Å². The summed E-state index contributed by atoms with van der Waals surface area (Å²) >= 11 is 1.50. The molecule has 0 spiro atoms. The van der Waals surface area contributed by atoms with E-state index in [1.54, 1.807) is 24.3 Å². The number of rotatable bonds is 4. The van der Waals surface area contributed by atoms with E-state index in [9.17, 15) is 9.59 Å². The molecule has 5 nitrogen and oxygen atoms in total. The monoisotopic (exact) mass is 317 g/mol. The van der Waals surface area contributed by atoms with Crippen molar-refractivity contribution in [1.82, 2.24) is 0 Å². The third-order valence-corrected chi connectivity index (χ3v) is 4.65. The molecule has 0 saturated heterocycles. The lowest BCUT2D eigenvalue weighted by Crippen LogP contribution is -2.10. The summed E-state index contributed by atoms with van der Waals surface area (Å²) in [6.45, 7) is 1.28. The molecule has 1 amide bonds. The average Bonchev–Trinajstić information content (AvgIpc) is 2.93. The molecule has 0 bridgehead atoms. The van der Waals surface area contributed by atoms with Crippen molar-refractivity contribution >= 4 is 28.9 Å². The molecule has 0 unspecified atom stereocenters. The van der Waals surface area contributed by atoms with Crippen LogP contribution in [0.1, 0.15) is 25.7 Å². The largest absolute Gasteiger partial charge is 0.481 e. The van der Waals surface area contributed by atoms with Crippen molar-refractivity contribution in [2.24, 2.45) is 0 Å². The number of benzene rings is 1. The van der Waals surface area contributed by atoms with Gasteiger partial charge in [-0.2, -0.15) is 0 Å². The summed E-state index contributed by atoms with van der Waals surface area (Å²) in [7, 11) is 0. The Morgan fingerprint density at radius 1 is 1.27 bits per heavy atom. The van der Waals surface area contributed by atoms with Crippen molar-refractivity contribution in [2.45, 2.75) is 19.4 Å². The van der Waals surface area contributed by atoms with Gasteiger partial charge in [-0.3, -0.25) is 9.59 Å². The third-order valence-electron chi connectivity index (χ3n) is 3.42. The zero-order valence-electron chi connectivity index (χ0n) is 11.8. The second-order valence-electron chi connectivity index (χ2n) is 5.08. The molecule has 0 saturated carbocycles. The maximum atomic E-state index is 12.3. The number of carbonyl (C=O) groups excluding carboxylic acids is 1. The number of hydrogen-bond acceptors (Lipinski definition) is 4. The highest BCUT2D eigenvalue weighted by Crippen LogP contribution is 2.27. The van der Waals surface area contributed by atoms with E-state index in [1.165, 1.54) is 16.2 Å². The van der Waals surface area contributed by atoms with E-state index in [4.69, 9.17) is 9.84 Å². The van der Waals surface area contributed by atoms with Gasteiger partial charge in [-0.25, -0.2) is 0 Å². The van der Waals surface area contributed by atoms with Crippen LogP contribution in [0.2, 0.25) is 0 Å². The van der Waals surface area contributed by atoms with Crippen molar-refractivity contribution in [3.05, 3.63) is 51.2 Å². The van der Waals surface area contributed by atoms with Crippen molar-refractivity contribution in [1.29, 1.82) is 0 Å². The minimum absolute atomic E-state index is 0.0220. The molecular formula is C16H15NO4S. The lowest BCUT2D eigenvalue weighted by molar-refractivity contribution is -0.136. The first-order valence-electron chi connectivity index (χ1n) is 6.93. The zero-order chi connectivity index (χ0) is 15.5. The van der Waals surface area contributed by atoms with Crippen LogP contribution in [0, 0.1) is 0 Å². The Morgan fingerprint density at radius 3 is 2.73 bits per heavy atom. The first-order valence-corrected chi connectivity index (χ1v) is 7.75. The Morgan fingerprint density at radius 2 is 2.05 bits per heavy atom. The SMILES string of the molecule is O=C(O)Cc1ccc(NC(=O)c2cc3c(s2)CCOC3)cc1. The van der Waals surface area contributed by atoms with Crippen LogP contribution in [0.4, 0.5) is 5.69 Å². The summed E-state index contributed by atoms with van der Waals surface area (Å²) < 4.78 is 5.38. The first kappa shape index (κ1) is 14.7. The van der Waals surface area contributed by atoms with Crippen molar-refractivity contribution in [3.63, 3.8) is 0 Å². The van der Waals surface area contributed by atoms with Crippen LogP contribution in [0.15, 0.2) is 30.3 Å². The minimum Gasteiger partial charge on any atom is -0.481 e. The number of anilines is 1. The van der Waals surface area contributed by atoms with Crippen molar-refractivity contribution < 1.29 is 19.4 Å². The van der Waals surface area contributed by atoms with E-state index < -0.39 is 5.97 Å². The number of carbonyl (C=O) groups is 2. The highest BCUT2D eigenvalue weighted by molar-refractivity contribution is 7.14. The molecule has 1 aromatic heterocycles. The summed E-state index contributed by atoms with van der Waals surface area (Å²) in [6.07, 6.45) is 0.836. The van der Waals surface area contributed by atoms with E-state index in [0.29, 0.717) is 29.3 Å². The van der Waals surface area contributed by atoms with Gasteiger partial charge < -0.3 is 15.2 Å². The number of ether oxygens (including phenoxy) is 1. The van der Waals surface area contributed by atoms with Crippen LogP contribution in [0.3, 0.4) is 0 Å². The molecule has 2 heterocycles. The molecule has 0 radical (unpaired) electrons. The Bertz CT molecular complexity index is 682. The maximum absolute atomic E-state index is 12.3. The Balaban J connectivity index is 1.68. The standard InChI is InChI=1S/C16H15NO4S/c18-15(19)7-10-1-3-12(4-2-10)17-16(20)14-8-11-9-21-6-5-13(11)22-14/h1-4,8H,5-7,9H2,(H,17,20)(H,18,19). The van der Waals surface area contributed by atoms with Gasteiger partial charge in [0, 0.05) is 17.0 Å². The van der Waals surface area contributed by atoms with Gasteiger partial charge in [0.2, 0.25) is 0 Å². The van der Waals surface area contributed by atoms with Gasteiger partial charge in [0.25, 0.3) is 5.91 Å². The Kier molecular flexibility index (Phi) is 4.22. The molecule has 0 atom stereocenters. The quantitative estimate of drug-likeness (QED) is 0.909. The fourth-order valence-corrected chi connectivity index (χ4v) is 3.38. The summed E-state index contributed by atoms with van der Waals surface area (Å²) in [5, 5.41) is 11.6. The number of hydrogen-bond donors (Lipinski definition) is 2. The summed E-state index contributed by atoms with van der Waals surface area (Å²) in [4.78, 5) is 24.8. The molecule has 3 rings (SSSR count). The molecule has 1 aliphatic rings. The van der Waals surface area contributed by atoms with Crippen molar-refractivity contribution in [2.75, 3.05) is 11.9 Å². The normalized spacial score (nSPS) is 13.5. The number of nitrogens with one attached hydrogen (secondary N) is 1. The smallest absolute Gasteiger partial charge is 0.307 e. The molecule has 22 heavy (non-hydrogen) atoms. The van der Waals surface area contributed by atoms with Gasteiger partial charge in [-0.1, -0.05) is 12.1 Å². The van der Waals surface area contributed by atoms with Crippen LogP contribution in [0.25, 0.3) is 0 Å². The van der Waals surface area contributed by atoms with Crippen molar-refractivity contribution in [3.8, 4) is 0 Å². The lowest BCUT2D eigenvalue weighted by atomic mass is 10.1. The molecule has 114 valence electrons. The number of thiophene rings is 1. The molecule has 1 aliphatic heterocycles. The molecule has 0 aliphatic carbocycles. The van der Waals surface area contributed by atoms with Gasteiger partial charge in [0.05, 0.1) is 24.5 Å². The van der Waals surface area contributed by atoms with E-state index in [-0.39, 0.29) is 12.3 Å². The Hall–Kier alpha value is -2.18. The minimum atomic E-state index is -0.872. The summed E-state index contributed by atoms with van der Waals surface area (Å²) in [5.74, 6) is -1.02. The second-order valence-corrected chi connectivity index (χ2v) is 6.22. The number of carboxylic acid groups (broad SMARTS) is 1. The molecule has 0 fully saturated rings. The molecule has 2 aromatic rings. The van der Waals surface area contributed by atoms with E-state index >= 15 is 0 Å². The zero-order valence-corrected chi connectivity index (χ0v) is 12.6. The van der Waals surface area contributed by atoms with Gasteiger partial charge in [-0.05, 0) is 29.3 Å². The van der Waals surface area contributed by atoms with E-state index in [1.807, 2.05) is 6.07 Å². The van der Waals surface area contributed by atoms with Crippen LogP contribution in [0.5, 0.6) is 0 Å². The second kappa shape index (κ2) is 6.29. The number of fused-ring (bicyclic) bond motifs is 1. The predicted molar refractivity (Wildman–Crippen MR) is 83.4 cm³/mol. The fraction of sp³-hybridized carbons (Fsp3) is 0.250. The van der Waals surface area contributed by atoms with Crippen LogP contribution in [-0.2, 0) is 29.0 Å². The Labute approximate surface area is 131 Å². The predicted octanol–water partition coefficient (Wildman–Crippen LogP) is 2.70. The molecule has 1 aromatic carbocycles. The van der Waals surface area contributed by atoms with Gasteiger partial charge in [-0.15, -0.1) is 11.3 Å². The van der Waals surface area contributed by atoms with E-state index in [0.717, 1.165) is 12.0 Å². The van der Waals surface area contributed by atoms with Gasteiger partial charge in [0.15, 0.2) is 0 Å². The molecular weight excluding hydrogens is 302 g/mol. The summed E-state index contributed by atoms with van der Waals surface area (Å²) in [6, 6.07) is 8.72. The first-order chi connectivity index (χ1) is 10.6. The topological polar surface area (TPSA) is 75.6 Å². The summed E-state index contributed by atoms with van der Waals surface area (Å²) in [5.41, 5.74) is 2.45. The fourth-order valence-electron chi connectivity index (χ4n) is 2.33. The maximum Gasteiger partial charge on any atom is 0.307 e. The van der Waals surface area contributed by atoms with Crippen LogP contribution >= 0.6 is 11.3 Å².